The topological polar surface area (TPSA) is 81.5 Å². The molecular weight excluding hydrogens is 236 g/mol. The second-order valence-corrected chi connectivity index (χ2v) is 4.18. The van der Waals surface area contributed by atoms with Crippen LogP contribution in [0.1, 0.15) is 23.2 Å². The molecule has 0 amide bonds. The van der Waals surface area contributed by atoms with E-state index in [2.05, 4.69) is 5.32 Å². The van der Waals surface area contributed by atoms with E-state index in [1.165, 1.54) is 6.07 Å². The third-order valence-electron chi connectivity index (χ3n) is 2.94. The first kappa shape index (κ1) is 12.5. The largest absolute Gasteiger partial charge is 0.381 e. The molecular formula is C12H14N2O4. The number of hydrogen-bond acceptors (Lipinski definition) is 5. The van der Waals surface area contributed by atoms with Crippen molar-refractivity contribution >= 4 is 17.7 Å². The molecule has 0 atom stereocenters. The van der Waals surface area contributed by atoms with Crippen LogP contribution in [-0.4, -0.2) is 30.5 Å². The Morgan fingerprint density at radius 1 is 1.39 bits per heavy atom. The first-order chi connectivity index (χ1) is 8.70. The van der Waals surface area contributed by atoms with E-state index >= 15 is 0 Å². The molecule has 1 aliphatic heterocycles. The van der Waals surface area contributed by atoms with Gasteiger partial charge in [-0.05, 0) is 25.0 Å². The number of nitro benzene ring substituents is 1. The summed E-state index contributed by atoms with van der Waals surface area (Å²) in [4.78, 5) is 21.1. The van der Waals surface area contributed by atoms with Crippen molar-refractivity contribution in [3.63, 3.8) is 0 Å². The molecule has 0 radical (unpaired) electrons. The lowest BCUT2D eigenvalue weighted by molar-refractivity contribution is -0.384. The van der Waals surface area contributed by atoms with Gasteiger partial charge in [-0.15, -0.1) is 0 Å². The highest BCUT2D eigenvalue weighted by atomic mass is 16.6. The van der Waals surface area contributed by atoms with Crippen LogP contribution in [0.2, 0.25) is 0 Å². The normalized spacial score (nSPS) is 16.2. The number of hydrogen-bond donors (Lipinski definition) is 1. The molecule has 18 heavy (non-hydrogen) atoms. The molecule has 2 rings (SSSR count). The van der Waals surface area contributed by atoms with Crippen LogP contribution in [0.25, 0.3) is 0 Å². The average Bonchev–Trinajstić information content (AvgIpc) is 2.40. The van der Waals surface area contributed by atoms with Gasteiger partial charge in [0.15, 0.2) is 0 Å². The number of carbonyl (C=O) groups excluding carboxylic acids is 1. The predicted molar refractivity (Wildman–Crippen MR) is 65.9 cm³/mol. The van der Waals surface area contributed by atoms with Crippen LogP contribution in [0.4, 0.5) is 11.4 Å². The molecule has 1 aromatic rings. The number of nitro groups is 1. The summed E-state index contributed by atoms with van der Waals surface area (Å²) in [6.45, 7) is 1.33. The molecule has 0 saturated carbocycles. The Labute approximate surface area is 104 Å². The fourth-order valence-electron chi connectivity index (χ4n) is 1.96. The van der Waals surface area contributed by atoms with Crippen molar-refractivity contribution in [2.45, 2.75) is 18.9 Å². The summed E-state index contributed by atoms with van der Waals surface area (Å²) in [6, 6.07) is 4.62. The maximum absolute atomic E-state index is 11.0. The van der Waals surface area contributed by atoms with Crippen LogP contribution in [0, 0.1) is 10.1 Å². The van der Waals surface area contributed by atoms with E-state index in [1.807, 2.05) is 0 Å². The lowest BCUT2D eigenvalue weighted by atomic mass is 10.1. The smallest absolute Gasteiger partial charge is 0.293 e. The van der Waals surface area contributed by atoms with Crippen LogP contribution in [0.3, 0.4) is 0 Å². The number of nitrogens with zero attached hydrogens (tertiary/aromatic N) is 1. The summed E-state index contributed by atoms with van der Waals surface area (Å²) >= 11 is 0. The van der Waals surface area contributed by atoms with Crippen LogP contribution in [-0.2, 0) is 4.74 Å². The molecule has 0 aliphatic carbocycles. The maximum Gasteiger partial charge on any atom is 0.293 e. The minimum absolute atomic E-state index is 0.0638. The van der Waals surface area contributed by atoms with E-state index in [1.54, 1.807) is 12.1 Å². The fraction of sp³-hybridized carbons (Fsp3) is 0.417. The van der Waals surface area contributed by atoms with Crippen molar-refractivity contribution in [1.82, 2.24) is 0 Å². The molecule has 1 aliphatic rings. The van der Waals surface area contributed by atoms with E-state index in [9.17, 15) is 14.9 Å². The Kier molecular flexibility index (Phi) is 3.88. The second-order valence-electron chi connectivity index (χ2n) is 4.18. The van der Waals surface area contributed by atoms with Gasteiger partial charge < -0.3 is 10.1 Å². The number of ether oxygens (including phenoxy) is 1. The van der Waals surface area contributed by atoms with Gasteiger partial charge in [-0.1, -0.05) is 0 Å². The summed E-state index contributed by atoms with van der Waals surface area (Å²) in [5.41, 5.74) is 0.697. The highest BCUT2D eigenvalue weighted by molar-refractivity contribution is 5.79. The van der Waals surface area contributed by atoms with E-state index in [-0.39, 0.29) is 11.7 Å². The summed E-state index contributed by atoms with van der Waals surface area (Å²) in [5.74, 6) is 0. The number of anilines is 1. The zero-order valence-electron chi connectivity index (χ0n) is 9.80. The van der Waals surface area contributed by atoms with Crippen molar-refractivity contribution in [2.24, 2.45) is 0 Å². The number of carbonyl (C=O) groups is 1. The third kappa shape index (κ3) is 2.84. The minimum Gasteiger partial charge on any atom is -0.381 e. The molecule has 6 heteroatoms. The quantitative estimate of drug-likeness (QED) is 0.502. The van der Waals surface area contributed by atoms with E-state index in [0.717, 1.165) is 12.8 Å². The van der Waals surface area contributed by atoms with Crippen LogP contribution in [0.15, 0.2) is 18.2 Å². The van der Waals surface area contributed by atoms with Gasteiger partial charge in [0.2, 0.25) is 0 Å². The molecule has 1 fully saturated rings. The Morgan fingerprint density at radius 3 is 2.72 bits per heavy atom. The van der Waals surface area contributed by atoms with Crippen molar-refractivity contribution in [3.05, 3.63) is 33.9 Å². The van der Waals surface area contributed by atoms with Gasteiger partial charge in [0.05, 0.1) is 4.92 Å². The number of nitrogens with one attached hydrogen (secondary N) is 1. The van der Waals surface area contributed by atoms with Gasteiger partial charge in [-0.3, -0.25) is 14.9 Å². The zero-order chi connectivity index (χ0) is 13.0. The Balaban J connectivity index is 2.20. The average molecular weight is 250 g/mol. The number of rotatable bonds is 4. The monoisotopic (exact) mass is 250 g/mol. The zero-order valence-corrected chi connectivity index (χ0v) is 9.80. The number of aldehydes is 1. The van der Waals surface area contributed by atoms with Crippen molar-refractivity contribution in [3.8, 4) is 0 Å². The van der Waals surface area contributed by atoms with E-state index in [4.69, 9.17) is 4.74 Å². The van der Waals surface area contributed by atoms with Gasteiger partial charge in [0.1, 0.15) is 12.0 Å². The summed E-state index contributed by atoms with van der Waals surface area (Å²) in [7, 11) is 0. The highest BCUT2D eigenvalue weighted by Gasteiger charge is 2.19. The molecule has 1 aromatic carbocycles. The van der Waals surface area contributed by atoms with Gasteiger partial charge in [0.25, 0.3) is 5.69 Å². The SMILES string of the molecule is O=Cc1ccc(NC2CCOCC2)c([N+](=O)[O-])c1. The van der Waals surface area contributed by atoms with Gasteiger partial charge in [-0.25, -0.2) is 0 Å². The Bertz CT molecular complexity index is 455. The second kappa shape index (κ2) is 5.59. The summed E-state index contributed by atoms with van der Waals surface area (Å²) in [5, 5.41) is 14.1. The molecule has 96 valence electrons. The minimum atomic E-state index is -0.478. The summed E-state index contributed by atoms with van der Waals surface area (Å²) < 4.78 is 5.23. The maximum atomic E-state index is 11.0. The molecule has 1 N–H and O–H groups in total. The van der Waals surface area contributed by atoms with Crippen LogP contribution in [0.5, 0.6) is 0 Å². The third-order valence-corrected chi connectivity index (χ3v) is 2.94. The lowest BCUT2D eigenvalue weighted by Gasteiger charge is -2.24. The van der Waals surface area contributed by atoms with Gasteiger partial charge >= 0.3 is 0 Å². The molecule has 6 nitrogen and oxygen atoms in total. The fourth-order valence-corrected chi connectivity index (χ4v) is 1.96. The van der Waals surface area contributed by atoms with Crippen molar-refractivity contribution in [1.29, 1.82) is 0 Å². The first-order valence-corrected chi connectivity index (χ1v) is 5.78. The molecule has 0 unspecified atom stereocenters. The summed E-state index contributed by atoms with van der Waals surface area (Å²) in [6.07, 6.45) is 2.25. The van der Waals surface area contributed by atoms with Gasteiger partial charge in [-0.2, -0.15) is 0 Å². The van der Waals surface area contributed by atoms with Gasteiger partial charge in [0, 0.05) is 30.9 Å². The lowest BCUT2D eigenvalue weighted by Crippen LogP contribution is -2.28. The van der Waals surface area contributed by atoms with E-state index in [0.29, 0.717) is 30.8 Å². The standard InChI is InChI=1S/C12H14N2O4/c15-8-9-1-2-11(12(7-9)14(16)17)13-10-3-5-18-6-4-10/h1-2,7-8,10,13H,3-6H2. The molecule has 1 heterocycles. The van der Waals surface area contributed by atoms with Crippen LogP contribution >= 0.6 is 0 Å². The number of benzene rings is 1. The van der Waals surface area contributed by atoms with Crippen LogP contribution < -0.4 is 5.32 Å². The molecule has 1 saturated heterocycles. The van der Waals surface area contributed by atoms with Crippen molar-refractivity contribution in [2.75, 3.05) is 18.5 Å². The Hall–Kier alpha value is -1.95. The Morgan fingerprint density at radius 2 is 2.11 bits per heavy atom. The predicted octanol–water partition coefficient (Wildman–Crippen LogP) is 2.00. The van der Waals surface area contributed by atoms with E-state index < -0.39 is 4.92 Å². The molecule has 0 bridgehead atoms. The highest BCUT2D eigenvalue weighted by Crippen LogP contribution is 2.27. The molecule has 0 aromatic heterocycles. The van der Waals surface area contributed by atoms with Crippen molar-refractivity contribution < 1.29 is 14.5 Å². The first-order valence-electron chi connectivity index (χ1n) is 5.78. The molecule has 0 spiro atoms.